The summed E-state index contributed by atoms with van der Waals surface area (Å²) in [5.41, 5.74) is 8.86. The zero-order chi connectivity index (χ0) is 31.1. The van der Waals surface area contributed by atoms with Crippen LogP contribution in [0.3, 0.4) is 0 Å². The van der Waals surface area contributed by atoms with Gasteiger partial charge in [-0.25, -0.2) is 13.2 Å². The van der Waals surface area contributed by atoms with Crippen LogP contribution < -0.4 is 5.73 Å². The van der Waals surface area contributed by atoms with Gasteiger partial charge in [0, 0.05) is 62.1 Å². The minimum Gasteiger partial charge on any atom is -0.376 e. The Balaban J connectivity index is 1.11. The van der Waals surface area contributed by atoms with E-state index in [2.05, 4.69) is 17.0 Å². The molecule has 0 bridgehead atoms. The second kappa shape index (κ2) is 12.0. The molecule has 1 atom stereocenters. The van der Waals surface area contributed by atoms with Crippen molar-refractivity contribution in [2.75, 3.05) is 39.8 Å². The number of halogens is 3. The van der Waals surface area contributed by atoms with Crippen LogP contribution in [0.4, 0.5) is 13.2 Å². The SMILES string of the molecule is CN1CC2(C1)CN(C(=O)c1cnn(Cc3ccc(F)cc3)c1)CC2COCc1cccc(C2CCC(F)(F)CC2)c1C(N)=O. The highest BCUT2D eigenvalue weighted by Gasteiger charge is 2.54. The maximum atomic E-state index is 13.8. The topological polar surface area (TPSA) is 93.7 Å². The number of hydrogen-bond acceptors (Lipinski definition) is 5. The van der Waals surface area contributed by atoms with Gasteiger partial charge in [-0.05, 0) is 54.6 Å². The molecule has 8 nitrogen and oxygen atoms in total. The minimum absolute atomic E-state index is 0.0871. The number of benzene rings is 2. The van der Waals surface area contributed by atoms with E-state index in [1.165, 1.54) is 12.1 Å². The van der Waals surface area contributed by atoms with Crippen LogP contribution in [-0.4, -0.2) is 77.2 Å². The summed E-state index contributed by atoms with van der Waals surface area (Å²) in [6.45, 7) is 3.85. The molecule has 0 radical (unpaired) electrons. The molecule has 2 aliphatic heterocycles. The Kier molecular flexibility index (Phi) is 8.27. The predicted octanol–water partition coefficient (Wildman–Crippen LogP) is 4.68. The van der Waals surface area contributed by atoms with Gasteiger partial charge in [-0.3, -0.25) is 14.3 Å². The van der Waals surface area contributed by atoms with E-state index >= 15 is 0 Å². The molecule has 6 rings (SSSR count). The van der Waals surface area contributed by atoms with E-state index in [9.17, 15) is 22.8 Å². The molecule has 2 N–H and O–H groups in total. The lowest BCUT2D eigenvalue weighted by Gasteiger charge is -2.49. The number of alkyl halides is 2. The third-order valence-electron chi connectivity index (χ3n) is 9.57. The van der Waals surface area contributed by atoms with E-state index in [0.717, 1.165) is 24.2 Å². The molecular formula is C33H38F3N5O3. The third kappa shape index (κ3) is 6.25. The van der Waals surface area contributed by atoms with Crippen molar-refractivity contribution in [2.45, 2.75) is 50.7 Å². The molecule has 3 heterocycles. The Morgan fingerprint density at radius 1 is 1.07 bits per heavy atom. The summed E-state index contributed by atoms with van der Waals surface area (Å²) in [6, 6.07) is 11.7. The van der Waals surface area contributed by atoms with Gasteiger partial charge < -0.3 is 20.3 Å². The Labute approximate surface area is 254 Å². The summed E-state index contributed by atoms with van der Waals surface area (Å²) < 4.78 is 48.7. The lowest BCUT2D eigenvalue weighted by molar-refractivity contribution is -0.0385. The van der Waals surface area contributed by atoms with Gasteiger partial charge in [0.05, 0.1) is 31.5 Å². The average Bonchev–Trinajstić information content (AvgIpc) is 3.59. The molecular weight excluding hydrogens is 571 g/mol. The van der Waals surface area contributed by atoms with Crippen LogP contribution in [0.5, 0.6) is 0 Å². The van der Waals surface area contributed by atoms with Crippen LogP contribution in [0.2, 0.25) is 0 Å². The van der Waals surface area contributed by atoms with Gasteiger partial charge in [-0.1, -0.05) is 30.3 Å². The second-order valence-corrected chi connectivity index (χ2v) is 12.9. The molecule has 2 saturated heterocycles. The smallest absolute Gasteiger partial charge is 0.257 e. The standard InChI is InChI=1S/C33H38F3N5O3/c1-39-19-32(20-39)21-40(31(43)25-13-38-41(15-25)14-22-5-7-27(34)8-6-22)16-26(32)18-44-17-24-3-2-4-28(29(24)30(37)42)23-9-11-33(35,36)12-10-23/h2-8,13,15,23,26H,9-12,14,16-21H2,1H3,(H2,37,42). The van der Waals surface area contributed by atoms with Crippen LogP contribution in [0, 0.1) is 17.2 Å². The molecule has 3 aliphatic rings. The Bertz CT molecular complexity index is 1510. The molecule has 3 aromatic rings. The van der Waals surface area contributed by atoms with Gasteiger partial charge in [-0.2, -0.15) is 5.10 Å². The highest BCUT2D eigenvalue weighted by Crippen LogP contribution is 2.44. The van der Waals surface area contributed by atoms with E-state index in [1.54, 1.807) is 29.2 Å². The second-order valence-electron chi connectivity index (χ2n) is 12.9. The van der Waals surface area contributed by atoms with Crippen molar-refractivity contribution in [3.05, 3.63) is 88.5 Å². The van der Waals surface area contributed by atoms with Gasteiger partial charge in [-0.15, -0.1) is 0 Å². The highest BCUT2D eigenvalue weighted by molar-refractivity contribution is 5.96. The van der Waals surface area contributed by atoms with E-state index in [-0.39, 0.29) is 48.4 Å². The summed E-state index contributed by atoms with van der Waals surface area (Å²) in [5, 5.41) is 4.35. The number of carbonyl (C=O) groups excluding carboxylic acids is 2. The normalized spacial score (nSPS) is 21.5. The van der Waals surface area contributed by atoms with Crippen LogP contribution in [-0.2, 0) is 17.9 Å². The molecule has 1 aliphatic carbocycles. The summed E-state index contributed by atoms with van der Waals surface area (Å²) >= 11 is 0. The van der Waals surface area contributed by atoms with Crippen LogP contribution in [0.1, 0.15) is 69.0 Å². The van der Waals surface area contributed by atoms with Gasteiger partial charge in [0.1, 0.15) is 5.82 Å². The zero-order valence-electron chi connectivity index (χ0n) is 24.9. The monoisotopic (exact) mass is 609 g/mol. The maximum Gasteiger partial charge on any atom is 0.257 e. The molecule has 234 valence electrons. The first-order chi connectivity index (χ1) is 21.0. The predicted molar refractivity (Wildman–Crippen MR) is 158 cm³/mol. The number of carbonyl (C=O) groups is 2. The summed E-state index contributed by atoms with van der Waals surface area (Å²) in [6.07, 6.45) is 3.52. The van der Waals surface area contributed by atoms with Gasteiger partial charge >= 0.3 is 0 Å². The van der Waals surface area contributed by atoms with Crippen molar-refractivity contribution in [1.29, 1.82) is 0 Å². The van der Waals surface area contributed by atoms with Crippen molar-refractivity contribution < 1.29 is 27.5 Å². The molecule has 44 heavy (non-hydrogen) atoms. The Hall–Kier alpha value is -3.70. The quantitative estimate of drug-likeness (QED) is 0.380. The number of nitrogens with two attached hydrogens (primary N) is 1. The average molecular weight is 610 g/mol. The molecule has 1 aromatic heterocycles. The number of likely N-dealkylation sites (tertiary alicyclic amines) is 2. The van der Waals surface area contributed by atoms with E-state index < -0.39 is 11.8 Å². The number of amides is 2. The molecule has 1 unspecified atom stereocenters. The first-order valence-electron chi connectivity index (χ1n) is 15.1. The number of ether oxygens (including phenoxy) is 1. The summed E-state index contributed by atoms with van der Waals surface area (Å²) in [4.78, 5) is 30.2. The number of nitrogens with zero attached hydrogens (tertiary/aromatic N) is 4. The van der Waals surface area contributed by atoms with Crippen molar-refractivity contribution >= 4 is 11.8 Å². The zero-order valence-corrected chi connectivity index (χ0v) is 24.9. The Morgan fingerprint density at radius 3 is 2.48 bits per heavy atom. The van der Waals surface area contributed by atoms with Crippen molar-refractivity contribution in [3.8, 4) is 0 Å². The van der Waals surface area contributed by atoms with E-state index in [0.29, 0.717) is 55.8 Å². The van der Waals surface area contributed by atoms with Gasteiger partial charge in [0.25, 0.3) is 5.91 Å². The first kappa shape index (κ1) is 30.3. The van der Waals surface area contributed by atoms with E-state index in [4.69, 9.17) is 10.5 Å². The number of rotatable bonds is 9. The molecule has 3 fully saturated rings. The molecule has 1 spiro atoms. The number of aromatic nitrogens is 2. The van der Waals surface area contributed by atoms with Gasteiger partial charge in [0.2, 0.25) is 11.8 Å². The summed E-state index contributed by atoms with van der Waals surface area (Å²) in [7, 11) is 2.05. The lowest BCUT2D eigenvalue weighted by atomic mass is 9.72. The molecule has 2 aromatic carbocycles. The number of primary amides is 1. The molecule has 2 amide bonds. The van der Waals surface area contributed by atoms with Crippen molar-refractivity contribution in [2.24, 2.45) is 17.1 Å². The maximum absolute atomic E-state index is 13.8. The minimum atomic E-state index is -2.66. The highest BCUT2D eigenvalue weighted by atomic mass is 19.3. The molecule has 11 heteroatoms. The fourth-order valence-electron chi connectivity index (χ4n) is 7.37. The lowest BCUT2D eigenvalue weighted by Crippen LogP contribution is -2.59. The van der Waals surface area contributed by atoms with Gasteiger partial charge in [0.15, 0.2) is 0 Å². The Morgan fingerprint density at radius 2 is 1.80 bits per heavy atom. The van der Waals surface area contributed by atoms with Crippen LogP contribution >= 0.6 is 0 Å². The van der Waals surface area contributed by atoms with Crippen LogP contribution in [0.25, 0.3) is 0 Å². The largest absolute Gasteiger partial charge is 0.376 e. The van der Waals surface area contributed by atoms with E-state index in [1.807, 2.05) is 23.1 Å². The van der Waals surface area contributed by atoms with Crippen molar-refractivity contribution in [3.63, 3.8) is 0 Å². The van der Waals surface area contributed by atoms with Crippen molar-refractivity contribution in [1.82, 2.24) is 19.6 Å². The third-order valence-corrected chi connectivity index (χ3v) is 9.57. The molecule has 1 saturated carbocycles. The van der Waals surface area contributed by atoms with Crippen LogP contribution in [0.15, 0.2) is 54.9 Å². The fraction of sp³-hybridized carbons (Fsp3) is 0.485. The fourth-order valence-corrected chi connectivity index (χ4v) is 7.37. The first-order valence-corrected chi connectivity index (χ1v) is 15.1. The number of hydrogen-bond donors (Lipinski definition) is 1. The summed E-state index contributed by atoms with van der Waals surface area (Å²) in [5.74, 6) is -3.67.